The first-order valence-electron chi connectivity index (χ1n) is 8.73. The van der Waals surface area contributed by atoms with Gasteiger partial charge in [0.05, 0.1) is 0 Å². The minimum atomic E-state index is -0.425. The molecule has 1 heterocycles. The number of pyridine rings is 1. The monoisotopic (exact) mass is 445 g/mol. The normalized spacial score (nSPS) is 10.4. The molecule has 1 N–H and O–H groups in total. The Kier molecular flexibility index (Phi) is 7.30. The molecular formula is C21H21BrFN3O2. The van der Waals surface area contributed by atoms with Crippen LogP contribution in [0.15, 0.2) is 40.1 Å². The molecule has 2 aromatic rings. The molecule has 0 saturated carbocycles. The maximum Gasteiger partial charge on any atom is 0.266 e. The predicted molar refractivity (Wildman–Crippen MR) is 109 cm³/mol. The summed E-state index contributed by atoms with van der Waals surface area (Å²) in [7, 11) is 0. The first-order valence-corrected chi connectivity index (χ1v) is 9.52. The van der Waals surface area contributed by atoms with E-state index in [-0.39, 0.29) is 36.8 Å². The van der Waals surface area contributed by atoms with Crippen LogP contribution in [0.3, 0.4) is 0 Å². The van der Waals surface area contributed by atoms with E-state index in [0.717, 1.165) is 10.0 Å². The van der Waals surface area contributed by atoms with Gasteiger partial charge < -0.3 is 9.88 Å². The van der Waals surface area contributed by atoms with Gasteiger partial charge in [-0.3, -0.25) is 9.59 Å². The highest BCUT2D eigenvalue weighted by Crippen LogP contribution is 2.19. The van der Waals surface area contributed by atoms with E-state index in [1.807, 2.05) is 6.07 Å². The Bertz CT molecular complexity index is 1010. The van der Waals surface area contributed by atoms with Gasteiger partial charge in [-0.25, -0.2) is 4.39 Å². The number of amides is 1. The highest BCUT2D eigenvalue weighted by molar-refractivity contribution is 9.10. The quantitative estimate of drug-likeness (QED) is 0.656. The van der Waals surface area contributed by atoms with E-state index in [9.17, 15) is 14.0 Å². The molecular weight excluding hydrogens is 425 g/mol. The highest BCUT2D eigenvalue weighted by Gasteiger charge is 2.18. The molecule has 5 nitrogen and oxygen atoms in total. The average Bonchev–Trinajstić information content (AvgIpc) is 2.64. The highest BCUT2D eigenvalue weighted by atomic mass is 79.9. The number of halogens is 2. The van der Waals surface area contributed by atoms with E-state index in [4.69, 9.17) is 5.26 Å². The Morgan fingerprint density at radius 3 is 2.79 bits per heavy atom. The summed E-state index contributed by atoms with van der Waals surface area (Å²) in [6.07, 6.45) is 2.14. The molecule has 1 amide bonds. The van der Waals surface area contributed by atoms with Crippen molar-refractivity contribution in [2.75, 3.05) is 6.54 Å². The number of hydrogen-bond donors (Lipinski definition) is 1. The summed E-state index contributed by atoms with van der Waals surface area (Å²) in [6.45, 7) is 7.54. The van der Waals surface area contributed by atoms with Crippen LogP contribution in [0.1, 0.15) is 34.4 Å². The lowest BCUT2D eigenvalue weighted by molar-refractivity contribution is -0.131. The van der Waals surface area contributed by atoms with Crippen molar-refractivity contribution in [1.29, 1.82) is 5.26 Å². The zero-order chi connectivity index (χ0) is 20.8. The topological polar surface area (TPSA) is 77.0 Å². The number of aromatic amines is 1. The Morgan fingerprint density at radius 2 is 2.14 bits per heavy atom. The summed E-state index contributed by atoms with van der Waals surface area (Å²) in [6, 6.07) is 6.51. The van der Waals surface area contributed by atoms with Crippen LogP contribution >= 0.6 is 15.9 Å². The zero-order valence-corrected chi connectivity index (χ0v) is 17.4. The molecule has 0 fully saturated rings. The van der Waals surface area contributed by atoms with Crippen molar-refractivity contribution in [3.05, 3.63) is 79.4 Å². The smallest absolute Gasteiger partial charge is 0.266 e. The fraction of sp³-hybridized carbons (Fsp3) is 0.286. The van der Waals surface area contributed by atoms with Crippen molar-refractivity contribution in [3.63, 3.8) is 0 Å². The van der Waals surface area contributed by atoms with Gasteiger partial charge in [0, 0.05) is 35.2 Å². The van der Waals surface area contributed by atoms with E-state index in [1.54, 1.807) is 32.1 Å². The number of aryl methyl sites for hydroxylation is 1. The van der Waals surface area contributed by atoms with Gasteiger partial charge in [0.15, 0.2) is 0 Å². The van der Waals surface area contributed by atoms with Gasteiger partial charge in [0.1, 0.15) is 17.4 Å². The molecule has 0 spiro atoms. The van der Waals surface area contributed by atoms with Crippen LogP contribution in [0.4, 0.5) is 4.39 Å². The number of hydrogen-bond acceptors (Lipinski definition) is 3. The summed E-state index contributed by atoms with van der Waals surface area (Å²) in [5.41, 5.74) is 2.05. The lowest BCUT2D eigenvalue weighted by atomic mass is 9.99. The number of carbonyl (C=O) groups is 1. The van der Waals surface area contributed by atoms with Gasteiger partial charge in [0.2, 0.25) is 5.91 Å². The molecule has 2 rings (SSSR count). The first kappa shape index (κ1) is 21.6. The van der Waals surface area contributed by atoms with Crippen LogP contribution in [0.5, 0.6) is 0 Å². The fourth-order valence-corrected chi connectivity index (χ4v) is 3.50. The Labute approximate surface area is 171 Å². The fourth-order valence-electron chi connectivity index (χ4n) is 3.09. The number of benzene rings is 1. The number of nitriles is 1. The minimum Gasteiger partial charge on any atom is -0.335 e. The van der Waals surface area contributed by atoms with Gasteiger partial charge in [-0.15, -0.1) is 6.58 Å². The van der Waals surface area contributed by atoms with Crippen molar-refractivity contribution in [2.45, 2.75) is 33.2 Å². The van der Waals surface area contributed by atoms with E-state index in [0.29, 0.717) is 23.2 Å². The molecule has 1 aromatic carbocycles. The second-order valence-corrected chi connectivity index (χ2v) is 7.38. The lowest BCUT2D eigenvalue weighted by Gasteiger charge is -2.22. The number of nitrogens with one attached hydrogen (secondary N) is 1. The zero-order valence-electron chi connectivity index (χ0n) is 15.8. The third-order valence-electron chi connectivity index (χ3n) is 4.58. The maximum absolute atomic E-state index is 14.1. The Morgan fingerprint density at radius 1 is 1.43 bits per heavy atom. The molecule has 7 heteroatoms. The van der Waals surface area contributed by atoms with Gasteiger partial charge in [-0.2, -0.15) is 5.26 Å². The van der Waals surface area contributed by atoms with E-state index < -0.39 is 5.56 Å². The summed E-state index contributed by atoms with van der Waals surface area (Å²) in [4.78, 5) is 28.8. The number of aromatic nitrogens is 1. The van der Waals surface area contributed by atoms with Gasteiger partial charge in [0.25, 0.3) is 5.56 Å². The molecule has 0 saturated heterocycles. The van der Waals surface area contributed by atoms with Crippen LogP contribution in [-0.4, -0.2) is 22.3 Å². The number of nitrogens with zero attached hydrogens (tertiary/aromatic N) is 2. The molecule has 0 unspecified atom stereocenters. The van der Waals surface area contributed by atoms with Crippen molar-refractivity contribution in [2.24, 2.45) is 0 Å². The van der Waals surface area contributed by atoms with Crippen LogP contribution < -0.4 is 5.56 Å². The van der Waals surface area contributed by atoms with Crippen molar-refractivity contribution < 1.29 is 9.18 Å². The number of carbonyl (C=O) groups excluding carboxylic acids is 1. The summed E-state index contributed by atoms with van der Waals surface area (Å²) >= 11 is 3.31. The Balaban J connectivity index is 2.20. The van der Waals surface area contributed by atoms with Gasteiger partial charge >= 0.3 is 0 Å². The molecule has 28 heavy (non-hydrogen) atoms. The standard InChI is InChI=1S/C21H21BrFN3O2/c1-4-9-26(12-15-10-16(22)5-7-19(15)23)20(27)8-6-17-13(2)18(11-24)21(28)25-14(17)3/h4-5,7,10H,1,6,8-9,12H2,2-3H3,(H,25,28). The van der Waals surface area contributed by atoms with Gasteiger partial charge in [-0.1, -0.05) is 22.0 Å². The van der Waals surface area contributed by atoms with Crippen molar-refractivity contribution in [3.8, 4) is 6.07 Å². The van der Waals surface area contributed by atoms with Crippen LogP contribution in [0.25, 0.3) is 0 Å². The molecule has 0 aliphatic heterocycles. The molecule has 0 bridgehead atoms. The van der Waals surface area contributed by atoms with Crippen LogP contribution in [-0.2, 0) is 17.8 Å². The summed E-state index contributed by atoms with van der Waals surface area (Å²) in [5.74, 6) is -0.543. The van der Waals surface area contributed by atoms with Crippen molar-refractivity contribution in [1.82, 2.24) is 9.88 Å². The van der Waals surface area contributed by atoms with Crippen LogP contribution in [0, 0.1) is 31.0 Å². The minimum absolute atomic E-state index is 0.0622. The second-order valence-electron chi connectivity index (χ2n) is 6.47. The third-order valence-corrected chi connectivity index (χ3v) is 5.07. The van der Waals surface area contributed by atoms with E-state index >= 15 is 0 Å². The first-order chi connectivity index (χ1) is 13.3. The van der Waals surface area contributed by atoms with Crippen molar-refractivity contribution >= 4 is 21.8 Å². The molecule has 146 valence electrons. The molecule has 0 radical (unpaired) electrons. The molecule has 0 atom stereocenters. The molecule has 0 aliphatic carbocycles. The number of rotatable bonds is 7. The predicted octanol–water partition coefficient (Wildman–Crippen LogP) is 3.91. The molecule has 1 aromatic heterocycles. The third kappa shape index (κ3) is 4.96. The largest absolute Gasteiger partial charge is 0.335 e. The lowest BCUT2D eigenvalue weighted by Crippen LogP contribution is -2.31. The number of H-pyrrole nitrogens is 1. The maximum atomic E-state index is 14.1. The van der Waals surface area contributed by atoms with E-state index in [2.05, 4.69) is 27.5 Å². The average molecular weight is 446 g/mol. The van der Waals surface area contributed by atoms with Gasteiger partial charge in [-0.05, 0) is 49.6 Å². The molecule has 0 aliphatic rings. The second kappa shape index (κ2) is 9.47. The summed E-state index contributed by atoms with van der Waals surface area (Å²) < 4.78 is 14.8. The SMILES string of the molecule is C=CCN(Cc1cc(Br)ccc1F)C(=O)CCc1c(C)[nH]c(=O)c(C#N)c1C. The van der Waals surface area contributed by atoms with Crippen LogP contribution in [0.2, 0.25) is 0 Å². The summed E-state index contributed by atoms with van der Waals surface area (Å²) in [5, 5.41) is 9.17. The Hall–Kier alpha value is -2.72. The van der Waals surface area contributed by atoms with E-state index in [1.165, 1.54) is 11.0 Å².